The molecular weight excluding hydrogens is 345 g/mol. The monoisotopic (exact) mass is 367 g/mol. The molecule has 140 valence electrons. The third-order valence-electron chi connectivity index (χ3n) is 5.73. The van der Waals surface area contributed by atoms with Crippen molar-refractivity contribution in [2.75, 3.05) is 13.1 Å². The van der Waals surface area contributed by atoms with Crippen LogP contribution in [0.3, 0.4) is 0 Å². The molecule has 27 heavy (non-hydrogen) atoms. The molecule has 2 amide bonds. The second kappa shape index (κ2) is 7.10. The molecule has 2 fully saturated rings. The molecule has 2 atom stereocenters. The molecule has 2 aliphatic rings. The zero-order chi connectivity index (χ0) is 18.9. The van der Waals surface area contributed by atoms with Crippen LogP contribution in [0.4, 0.5) is 4.39 Å². The van der Waals surface area contributed by atoms with E-state index < -0.39 is 0 Å². The van der Waals surface area contributed by atoms with E-state index in [1.165, 1.54) is 12.1 Å². The van der Waals surface area contributed by atoms with Crippen LogP contribution in [0.2, 0.25) is 0 Å². The molecule has 1 saturated heterocycles. The van der Waals surface area contributed by atoms with Crippen molar-refractivity contribution in [1.29, 1.82) is 0 Å². The summed E-state index contributed by atoms with van der Waals surface area (Å²) in [5.41, 5.74) is 1.78. The van der Waals surface area contributed by atoms with Crippen LogP contribution in [0.15, 0.2) is 48.8 Å². The number of amides is 2. The lowest BCUT2D eigenvalue weighted by Gasteiger charge is -2.17. The number of carbonyl (C=O) groups excluding carboxylic acids is 2. The predicted octanol–water partition coefficient (Wildman–Crippen LogP) is 2.32. The Hall–Kier alpha value is -2.76. The van der Waals surface area contributed by atoms with Crippen LogP contribution in [0.1, 0.15) is 24.0 Å². The molecule has 1 aliphatic heterocycles. The highest BCUT2D eigenvalue weighted by molar-refractivity contribution is 5.84. The van der Waals surface area contributed by atoms with E-state index in [0.29, 0.717) is 19.6 Å². The Kier molecular flexibility index (Phi) is 4.64. The summed E-state index contributed by atoms with van der Waals surface area (Å²) in [5.74, 6) is -0.200. The number of benzene rings is 1. The molecule has 0 unspecified atom stereocenters. The second-order valence-electron chi connectivity index (χ2n) is 7.56. The maximum absolute atomic E-state index is 13.0. The fourth-order valence-corrected chi connectivity index (χ4v) is 3.98. The number of aromatic nitrogens is 1. The van der Waals surface area contributed by atoms with Crippen LogP contribution < -0.4 is 5.32 Å². The van der Waals surface area contributed by atoms with Gasteiger partial charge in [0.15, 0.2) is 0 Å². The largest absolute Gasteiger partial charge is 0.352 e. The molecule has 2 heterocycles. The molecule has 1 N–H and O–H groups in total. The van der Waals surface area contributed by atoms with Gasteiger partial charge in [-0.3, -0.25) is 14.6 Å². The standard InChI is InChI=1S/C21H22FN3O2/c22-17-3-1-15(2-4-17)11-19(26)25-10-7-21(14-25)12-18(21)20(27)24-13-16-5-8-23-9-6-16/h1-6,8-9,18H,7,10-14H2,(H,24,27)/t18-,21-/m0/s1. The first-order chi connectivity index (χ1) is 13.1. The minimum absolute atomic E-state index is 0.0111. The summed E-state index contributed by atoms with van der Waals surface area (Å²) >= 11 is 0. The van der Waals surface area contributed by atoms with Crippen molar-refractivity contribution in [2.45, 2.75) is 25.8 Å². The van der Waals surface area contributed by atoms with Crippen molar-refractivity contribution in [3.63, 3.8) is 0 Å². The second-order valence-corrected chi connectivity index (χ2v) is 7.56. The molecule has 1 aromatic carbocycles. The first kappa shape index (κ1) is 17.6. The van der Waals surface area contributed by atoms with Crippen LogP contribution >= 0.6 is 0 Å². The van der Waals surface area contributed by atoms with Gasteiger partial charge in [0.1, 0.15) is 5.82 Å². The molecule has 0 bridgehead atoms. The fraction of sp³-hybridized carbons (Fsp3) is 0.381. The molecule has 1 aliphatic carbocycles. The van der Waals surface area contributed by atoms with Crippen LogP contribution in [0.25, 0.3) is 0 Å². The van der Waals surface area contributed by atoms with Gasteiger partial charge in [-0.05, 0) is 48.2 Å². The molecule has 6 heteroatoms. The van der Waals surface area contributed by atoms with Gasteiger partial charge in [0.05, 0.1) is 6.42 Å². The Morgan fingerprint density at radius 2 is 1.89 bits per heavy atom. The number of hydrogen-bond donors (Lipinski definition) is 1. The molecule has 1 aromatic heterocycles. The van der Waals surface area contributed by atoms with Crippen molar-refractivity contribution >= 4 is 11.8 Å². The van der Waals surface area contributed by atoms with E-state index in [1.807, 2.05) is 17.0 Å². The number of nitrogens with one attached hydrogen (secondary N) is 1. The summed E-state index contributed by atoms with van der Waals surface area (Å²) in [6.45, 7) is 1.83. The molecular formula is C21H22FN3O2. The Bertz CT molecular complexity index is 840. The van der Waals surface area contributed by atoms with Gasteiger partial charge in [0.25, 0.3) is 0 Å². The highest BCUT2D eigenvalue weighted by atomic mass is 19.1. The molecule has 4 rings (SSSR count). The molecule has 5 nitrogen and oxygen atoms in total. The summed E-state index contributed by atoms with van der Waals surface area (Å²) < 4.78 is 13.0. The van der Waals surface area contributed by atoms with E-state index in [0.717, 1.165) is 24.0 Å². The van der Waals surface area contributed by atoms with E-state index >= 15 is 0 Å². The van der Waals surface area contributed by atoms with Crippen LogP contribution in [0.5, 0.6) is 0 Å². The maximum Gasteiger partial charge on any atom is 0.227 e. The molecule has 0 radical (unpaired) electrons. The van der Waals surface area contributed by atoms with Crippen molar-refractivity contribution < 1.29 is 14.0 Å². The zero-order valence-corrected chi connectivity index (χ0v) is 15.0. The summed E-state index contributed by atoms with van der Waals surface area (Å²) in [4.78, 5) is 30.8. The number of pyridine rings is 1. The molecule has 1 saturated carbocycles. The van der Waals surface area contributed by atoms with E-state index in [-0.39, 0.29) is 35.4 Å². The number of likely N-dealkylation sites (tertiary alicyclic amines) is 1. The highest BCUT2D eigenvalue weighted by Gasteiger charge is 2.61. The number of rotatable bonds is 5. The number of nitrogens with zero attached hydrogens (tertiary/aromatic N) is 2. The zero-order valence-electron chi connectivity index (χ0n) is 15.0. The van der Waals surface area contributed by atoms with Crippen molar-refractivity contribution in [2.24, 2.45) is 11.3 Å². The minimum Gasteiger partial charge on any atom is -0.352 e. The summed E-state index contributed by atoms with van der Waals surface area (Å²) in [6, 6.07) is 9.80. The van der Waals surface area contributed by atoms with E-state index in [2.05, 4.69) is 10.3 Å². The Morgan fingerprint density at radius 1 is 1.15 bits per heavy atom. The fourth-order valence-electron chi connectivity index (χ4n) is 3.98. The SMILES string of the molecule is O=C(NCc1ccncc1)[C@@H]1C[C@]12CCN(C(=O)Cc1ccc(F)cc1)C2. The van der Waals surface area contributed by atoms with Gasteiger partial charge in [0, 0.05) is 43.4 Å². The van der Waals surface area contributed by atoms with E-state index in [1.54, 1.807) is 24.5 Å². The van der Waals surface area contributed by atoms with Crippen LogP contribution in [0, 0.1) is 17.2 Å². The number of halogens is 1. The van der Waals surface area contributed by atoms with Crippen molar-refractivity contribution in [3.05, 3.63) is 65.7 Å². The lowest BCUT2D eigenvalue weighted by atomic mass is 10.0. The average Bonchev–Trinajstić information content (AvgIpc) is 3.22. The first-order valence-corrected chi connectivity index (χ1v) is 9.25. The third-order valence-corrected chi connectivity index (χ3v) is 5.73. The highest BCUT2D eigenvalue weighted by Crippen LogP contribution is 2.58. The van der Waals surface area contributed by atoms with Crippen molar-refractivity contribution in [1.82, 2.24) is 15.2 Å². The van der Waals surface area contributed by atoms with Gasteiger partial charge < -0.3 is 10.2 Å². The van der Waals surface area contributed by atoms with Crippen LogP contribution in [-0.4, -0.2) is 34.8 Å². The summed E-state index contributed by atoms with van der Waals surface area (Å²) in [6.07, 6.45) is 5.41. The van der Waals surface area contributed by atoms with E-state index in [4.69, 9.17) is 0 Å². The van der Waals surface area contributed by atoms with Gasteiger partial charge in [-0.1, -0.05) is 12.1 Å². The Balaban J connectivity index is 1.28. The average molecular weight is 367 g/mol. The quantitative estimate of drug-likeness (QED) is 0.882. The smallest absolute Gasteiger partial charge is 0.227 e. The molecule has 1 spiro atoms. The van der Waals surface area contributed by atoms with Gasteiger partial charge >= 0.3 is 0 Å². The lowest BCUT2D eigenvalue weighted by molar-refractivity contribution is -0.130. The predicted molar refractivity (Wildman–Crippen MR) is 97.9 cm³/mol. The topological polar surface area (TPSA) is 62.3 Å². The van der Waals surface area contributed by atoms with Gasteiger partial charge in [-0.25, -0.2) is 4.39 Å². The van der Waals surface area contributed by atoms with Crippen molar-refractivity contribution in [3.8, 4) is 0 Å². The number of hydrogen-bond acceptors (Lipinski definition) is 3. The van der Waals surface area contributed by atoms with Gasteiger partial charge in [0.2, 0.25) is 11.8 Å². The maximum atomic E-state index is 13.0. The normalized spacial score (nSPS) is 23.4. The lowest BCUT2D eigenvalue weighted by Crippen LogP contribution is -2.32. The van der Waals surface area contributed by atoms with Crippen LogP contribution in [-0.2, 0) is 22.6 Å². The third kappa shape index (κ3) is 3.84. The Labute approximate surface area is 157 Å². The first-order valence-electron chi connectivity index (χ1n) is 9.25. The minimum atomic E-state index is -0.301. The van der Waals surface area contributed by atoms with Gasteiger partial charge in [-0.15, -0.1) is 0 Å². The Morgan fingerprint density at radius 3 is 2.63 bits per heavy atom. The summed E-state index contributed by atoms with van der Waals surface area (Å²) in [5, 5.41) is 3.00. The molecule has 2 aromatic rings. The van der Waals surface area contributed by atoms with E-state index in [9.17, 15) is 14.0 Å². The number of carbonyl (C=O) groups is 2. The summed E-state index contributed by atoms with van der Waals surface area (Å²) in [7, 11) is 0. The van der Waals surface area contributed by atoms with Gasteiger partial charge in [-0.2, -0.15) is 0 Å².